The fourth-order valence-electron chi connectivity index (χ4n) is 1.20. The van der Waals surface area contributed by atoms with Crippen LogP contribution in [0.5, 0.6) is 0 Å². The lowest BCUT2D eigenvalue weighted by atomic mass is 10.3. The minimum absolute atomic E-state index is 0.0285. The van der Waals surface area contributed by atoms with Crippen molar-refractivity contribution in [3.8, 4) is 0 Å². The zero-order chi connectivity index (χ0) is 13.1. The maximum absolute atomic E-state index is 13.3. The van der Waals surface area contributed by atoms with Crippen LogP contribution in [-0.4, -0.2) is 21.4 Å². The Balaban J connectivity index is 2.27. The molecule has 0 spiro atoms. The zero-order valence-corrected chi connectivity index (χ0v) is 10.3. The molecule has 0 aliphatic carbocycles. The van der Waals surface area contributed by atoms with E-state index in [1.807, 2.05) is 0 Å². The summed E-state index contributed by atoms with van der Waals surface area (Å²) in [6.07, 6.45) is 0. The third-order valence-electron chi connectivity index (χ3n) is 2.02. The lowest BCUT2D eigenvalue weighted by Crippen LogP contribution is -2.16. The number of aromatic nitrogens is 2. The topological polar surface area (TPSA) is 110 Å². The van der Waals surface area contributed by atoms with Crippen molar-refractivity contribution in [1.82, 2.24) is 10.3 Å². The fraction of sp³-hybridized carbons (Fsp3) is 0. The van der Waals surface area contributed by atoms with Gasteiger partial charge in [-0.2, -0.15) is 0 Å². The largest absolute Gasteiger partial charge is 0.409 e. The Morgan fingerprint density at radius 1 is 1.50 bits per heavy atom. The highest BCUT2D eigenvalue weighted by atomic mass is 79.9. The highest BCUT2D eigenvalue weighted by Gasteiger charge is 2.15. The highest BCUT2D eigenvalue weighted by Crippen LogP contribution is 2.20. The molecular weight excluding hydrogens is 309 g/mol. The van der Waals surface area contributed by atoms with Gasteiger partial charge in [-0.3, -0.25) is 0 Å². The van der Waals surface area contributed by atoms with Gasteiger partial charge in [0.2, 0.25) is 5.84 Å². The molecule has 0 radical (unpaired) electrons. The summed E-state index contributed by atoms with van der Waals surface area (Å²) >= 11 is 3.02. The van der Waals surface area contributed by atoms with Gasteiger partial charge in [-0.15, -0.1) is 0 Å². The summed E-state index contributed by atoms with van der Waals surface area (Å²) in [5.41, 5.74) is 5.83. The van der Waals surface area contributed by atoms with Gasteiger partial charge in [0.1, 0.15) is 5.82 Å². The summed E-state index contributed by atoms with van der Waals surface area (Å²) in [5, 5.41) is 21.3. The maximum Gasteiger partial charge on any atom is 0.203 e. The van der Waals surface area contributed by atoms with E-state index < -0.39 is 5.82 Å². The average Bonchev–Trinajstić information content (AvgIpc) is 2.77. The second-order valence-electron chi connectivity index (χ2n) is 3.20. The van der Waals surface area contributed by atoms with Gasteiger partial charge in [0.25, 0.3) is 0 Å². The van der Waals surface area contributed by atoms with E-state index in [1.165, 1.54) is 12.1 Å². The maximum atomic E-state index is 13.3. The summed E-state index contributed by atoms with van der Waals surface area (Å²) in [4.78, 5) is 0. The van der Waals surface area contributed by atoms with Crippen LogP contribution in [0.15, 0.2) is 32.5 Å². The second kappa shape index (κ2) is 5.00. The number of hydrogen-bond acceptors (Lipinski definition) is 6. The first-order chi connectivity index (χ1) is 8.61. The second-order valence-corrected chi connectivity index (χ2v) is 4.05. The van der Waals surface area contributed by atoms with Crippen molar-refractivity contribution in [2.75, 3.05) is 11.1 Å². The molecule has 2 rings (SSSR count). The molecule has 1 aromatic carbocycles. The van der Waals surface area contributed by atoms with Gasteiger partial charge < -0.3 is 16.3 Å². The number of nitrogens with two attached hydrogens (primary N) is 1. The van der Waals surface area contributed by atoms with E-state index in [2.05, 4.69) is 41.3 Å². The predicted molar refractivity (Wildman–Crippen MR) is 64.8 cm³/mol. The smallest absolute Gasteiger partial charge is 0.203 e. The molecular formula is C9H7BrFN5O2. The van der Waals surface area contributed by atoms with E-state index in [0.717, 1.165) is 0 Å². The number of oxime groups is 1. The van der Waals surface area contributed by atoms with Gasteiger partial charge in [0, 0.05) is 5.69 Å². The molecule has 0 unspecified atom stereocenters. The van der Waals surface area contributed by atoms with Crippen LogP contribution in [0.4, 0.5) is 15.9 Å². The van der Waals surface area contributed by atoms with Crippen LogP contribution >= 0.6 is 15.9 Å². The molecule has 0 saturated carbocycles. The number of rotatable bonds is 2. The average molecular weight is 316 g/mol. The monoisotopic (exact) mass is 315 g/mol. The Morgan fingerprint density at radius 3 is 2.83 bits per heavy atom. The Labute approximate surface area is 109 Å². The molecule has 0 saturated heterocycles. The molecule has 0 amide bonds. The highest BCUT2D eigenvalue weighted by molar-refractivity contribution is 9.10. The van der Waals surface area contributed by atoms with Crippen LogP contribution in [0.3, 0.4) is 0 Å². The van der Waals surface area contributed by atoms with Crippen LogP contribution in [0.2, 0.25) is 0 Å². The van der Waals surface area contributed by atoms with Crippen molar-refractivity contribution in [2.24, 2.45) is 5.16 Å². The summed E-state index contributed by atoms with van der Waals surface area (Å²) in [6.45, 7) is 0. The molecule has 4 N–H and O–H groups in total. The molecule has 1 heterocycles. The van der Waals surface area contributed by atoms with Crippen LogP contribution in [0.1, 0.15) is 5.69 Å². The van der Waals surface area contributed by atoms with Gasteiger partial charge in [-0.05, 0) is 44.4 Å². The number of nitrogens with one attached hydrogen (secondary N) is 1. The molecule has 0 aliphatic heterocycles. The standard InChI is InChI=1S/C9H7BrFN5O2/c10-5-2-1-4(3-6(5)11)13-9(14-17)7-8(12)16-18-15-7/h1-3,17H,(H2,12,16)(H,13,14). The van der Waals surface area contributed by atoms with Gasteiger partial charge in [-0.25, -0.2) is 9.02 Å². The van der Waals surface area contributed by atoms with Crippen molar-refractivity contribution in [1.29, 1.82) is 0 Å². The van der Waals surface area contributed by atoms with E-state index in [9.17, 15) is 4.39 Å². The van der Waals surface area contributed by atoms with E-state index >= 15 is 0 Å². The van der Waals surface area contributed by atoms with Crippen molar-refractivity contribution < 1.29 is 14.2 Å². The van der Waals surface area contributed by atoms with Gasteiger partial charge in [0.15, 0.2) is 11.5 Å². The minimum Gasteiger partial charge on any atom is -0.409 e. The van der Waals surface area contributed by atoms with Crippen molar-refractivity contribution >= 4 is 33.3 Å². The van der Waals surface area contributed by atoms with E-state index in [0.29, 0.717) is 10.2 Å². The summed E-state index contributed by atoms with van der Waals surface area (Å²) in [6, 6.07) is 4.28. The van der Waals surface area contributed by atoms with Crippen molar-refractivity contribution in [3.05, 3.63) is 34.2 Å². The first-order valence-corrected chi connectivity index (χ1v) is 5.43. The quantitative estimate of drug-likeness (QED) is 0.337. The lowest BCUT2D eigenvalue weighted by molar-refractivity contribution is 0.305. The molecule has 94 valence electrons. The first kappa shape index (κ1) is 12.3. The van der Waals surface area contributed by atoms with Crippen molar-refractivity contribution in [2.45, 2.75) is 0 Å². The number of anilines is 2. The Kier molecular flexibility index (Phi) is 3.42. The lowest BCUT2D eigenvalue weighted by Gasteiger charge is -2.06. The molecule has 1 aromatic heterocycles. The molecule has 0 bridgehead atoms. The van der Waals surface area contributed by atoms with Crippen LogP contribution in [-0.2, 0) is 0 Å². The summed E-state index contributed by atoms with van der Waals surface area (Å²) in [7, 11) is 0. The third-order valence-corrected chi connectivity index (χ3v) is 2.66. The van der Waals surface area contributed by atoms with E-state index in [-0.39, 0.29) is 17.3 Å². The summed E-state index contributed by atoms with van der Waals surface area (Å²) < 4.78 is 18.0. The normalized spacial score (nSPS) is 11.6. The van der Waals surface area contributed by atoms with Gasteiger partial charge in [-0.1, -0.05) is 5.16 Å². The van der Waals surface area contributed by atoms with E-state index in [4.69, 9.17) is 10.9 Å². The molecule has 0 aliphatic rings. The number of amidine groups is 1. The third kappa shape index (κ3) is 2.40. The predicted octanol–water partition coefficient (Wildman–Crippen LogP) is 1.80. The Hall–Kier alpha value is -2.16. The number of nitrogens with zero attached hydrogens (tertiary/aromatic N) is 3. The number of nitrogen functional groups attached to an aromatic ring is 1. The van der Waals surface area contributed by atoms with Crippen LogP contribution in [0.25, 0.3) is 0 Å². The Morgan fingerprint density at radius 2 is 2.28 bits per heavy atom. The minimum atomic E-state index is -0.469. The number of benzene rings is 1. The van der Waals surface area contributed by atoms with Gasteiger partial charge >= 0.3 is 0 Å². The summed E-state index contributed by atoms with van der Waals surface area (Å²) in [5.74, 6) is -0.619. The first-order valence-electron chi connectivity index (χ1n) is 4.64. The fourth-order valence-corrected chi connectivity index (χ4v) is 1.45. The van der Waals surface area contributed by atoms with Gasteiger partial charge in [0.05, 0.1) is 4.47 Å². The molecule has 7 nitrogen and oxygen atoms in total. The van der Waals surface area contributed by atoms with Crippen LogP contribution in [0, 0.1) is 5.82 Å². The van der Waals surface area contributed by atoms with Crippen LogP contribution < -0.4 is 11.1 Å². The molecule has 2 aromatic rings. The molecule has 0 atom stereocenters. The van der Waals surface area contributed by atoms with E-state index in [1.54, 1.807) is 6.07 Å². The van der Waals surface area contributed by atoms with Crippen molar-refractivity contribution in [3.63, 3.8) is 0 Å². The zero-order valence-electron chi connectivity index (χ0n) is 8.76. The number of hydrogen-bond donors (Lipinski definition) is 3. The molecule has 18 heavy (non-hydrogen) atoms. The molecule has 0 fully saturated rings. The molecule has 9 heteroatoms. The number of halogens is 2. The Bertz CT molecular complexity index is 600. The SMILES string of the molecule is Nc1nonc1/C(=N\O)Nc1ccc(Br)c(F)c1.